The Balaban J connectivity index is 1.51. The molecule has 0 aliphatic heterocycles. The summed E-state index contributed by atoms with van der Waals surface area (Å²) in [6.45, 7) is 1.93. The van der Waals surface area contributed by atoms with Gasteiger partial charge < -0.3 is 4.74 Å². The van der Waals surface area contributed by atoms with Gasteiger partial charge in [0.2, 0.25) is 0 Å². The minimum atomic E-state index is -0.340. The van der Waals surface area contributed by atoms with Crippen molar-refractivity contribution in [1.29, 1.82) is 0 Å². The summed E-state index contributed by atoms with van der Waals surface area (Å²) in [5.74, 6) is 0.292. The van der Waals surface area contributed by atoms with Crippen molar-refractivity contribution in [3.8, 4) is 22.7 Å². The Morgan fingerprint density at radius 1 is 1.00 bits per heavy atom. The predicted molar refractivity (Wildman–Crippen MR) is 121 cm³/mol. The predicted octanol–water partition coefficient (Wildman–Crippen LogP) is 4.38. The van der Waals surface area contributed by atoms with E-state index in [2.05, 4.69) is 10.5 Å². The van der Waals surface area contributed by atoms with Gasteiger partial charge in [-0.1, -0.05) is 66.2 Å². The highest BCUT2D eigenvalue weighted by atomic mass is 16.5. The van der Waals surface area contributed by atoms with Crippen LogP contribution in [0.3, 0.4) is 0 Å². The summed E-state index contributed by atoms with van der Waals surface area (Å²) < 4.78 is 7.24. The highest BCUT2D eigenvalue weighted by Crippen LogP contribution is 2.23. The number of para-hydroxylation sites is 2. The van der Waals surface area contributed by atoms with Gasteiger partial charge in [-0.3, -0.25) is 4.79 Å². The SMILES string of the molecule is Cc1ccc(-c2nn(-c3ccccc3)cc2/C=N\NC(=O)COc2ccccc2)cc1. The molecule has 4 aromatic rings. The Kier molecular flexibility index (Phi) is 6.18. The molecule has 1 heterocycles. The van der Waals surface area contributed by atoms with Gasteiger partial charge >= 0.3 is 0 Å². The first-order valence-electron chi connectivity index (χ1n) is 9.91. The normalized spacial score (nSPS) is 10.9. The number of aromatic nitrogens is 2. The quantitative estimate of drug-likeness (QED) is 0.363. The van der Waals surface area contributed by atoms with Crippen molar-refractivity contribution in [2.75, 3.05) is 6.61 Å². The molecule has 0 bridgehead atoms. The van der Waals surface area contributed by atoms with Crippen LogP contribution in [0.4, 0.5) is 0 Å². The summed E-state index contributed by atoms with van der Waals surface area (Å²) >= 11 is 0. The standard InChI is InChI=1S/C25H22N4O2/c1-19-12-14-20(15-13-19)25-21(17-29(28-25)22-8-4-2-5-9-22)16-26-27-24(30)18-31-23-10-6-3-7-11-23/h2-17H,18H2,1H3,(H,27,30)/b26-16-. The molecule has 154 valence electrons. The second-order valence-electron chi connectivity index (χ2n) is 6.97. The third-order valence-corrected chi connectivity index (χ3v) is 4.59. The maximum atomic E-state index is 12.1. The fourth-order valence-corrected chi connectivity index (χ4v) is 3.00. The van der Waals surface area contributed by atoms with Gasteiger partial charge in [0.15, 0.2) is 6.61 Å². The smallest absolute Gasteiger partial charge is 0.277 e. The van der Waals surface area contributed by atoms with E-state index in [0.29, 0.717) is 5.75 Å². The molecule has 0 saturated heterocycles. The van der Waals surface area contributed by atoms with Crippen LogP contribution in [0.15, 0.2) is 96.2 Å². The number of nitrogens with one attached hydrogen (secondary N) is 1. The zero-order chi connectivity index (χ0) is 21.5. The number of ether oxygens (including phenoxy) is 1. The van der Waals surface area contributed by atoms with Crippen LogP contribution in [-0.2, 0) is 4.79 Å². The minimum Gasteiger partial charge on any atom is -0.484 e. The molecule has 1 amide bonds. The summed E-state index contributed by atoms with van der Waals surface area (Å²) in [5.41, 5.74) is 7.16. The lowest BCUT2D eigenvalue weighted by Crippen LogP contribution is -2.24. The lowest BCUT2D eigenvalue weighted by atomic mass is 10.1. The maximum Gasteiger partial charge on any atom is 0.277 e. The average Bonchev–Trinajstić information content (AvgIpc) is 3.24. The number of carbonyl (C=O) groups excluding carboxylic acids is 1. The fourth-order valence-electron chi connectivity index (χ4n) is 3.00. The number of rotatable bonds is 7. The van der Waals surface area contributed by atoms with Crippen molar-refractivity contribution >= 4 is 12.1 Å². The molecule has 0 unspecified atom stereocenters. The van der Waals surface area contributed by atoms with Crippen molar-refractivity contribution in [3.05, 3.63) is 102 Å². The topological polar surface area (TPSA) is 68.5 Å². The van der Waals surface area contributed by atoms with Crippen LogP contribution in [0.25, 0.3) is 16.9 Å². The molecule has 0 atom stereocenters. The Morgan fingerprint density at radius 3 is 2.39 bits per heavy atom. The number of amides is 1. The number of carbonyl (C=O) groups is 1. The molecule has 4 rings (SSSR count). The van der Waals surface area contributed by atoms with E-state index in [1.807, 2.05) is 85.9 Å². The average molecular weight is 410 g/mol. The molecule has 0 spiro atoms. The largest absolute Gasteiger partial charge is 0.484 e. The molecule has 0 aliphatic carbocycles. The van der Waals surface area contributed by atoms with Crippen LogP contribution < -0.4 is 10.2 Å². The lowest BCUT2D eigenvalue weighted by Gasteiger charge is -2.04. The van der Waals surface area contributed by atoms with Crippen molar-refractivity contribution < 1.29 is 9.53 Å². The number of hydrogen-bond donors (Lipinski definition) is 1. The maximum absolute atomic E-state index is 12.1. The lowest BCUT2D eigenvalue weighted by molar-refractivity contribution is -0.123. The molecule has 0 aliphatic rings. The fraction of sp³-hybridized carbons (Fsp3) is 0.0800. The molecule has 0 fully saturated rings. The van der Waals surface area contributed by atoms with Crippen LogP contribution in [0.1, 0.15) is 11.1 Å². The number of hydrazone groups is 1. The summed E-state index contributed by atoms with van der Waals surface area (Å²) in [4.78, 5) is 12.1. The van der Waals surface area contributed by atoms with E-state index in [4.69, 9.17) is 9.84 Å². The van der Waals surface area contributed by atoms with Crippen LogP contribution in [0, 0.1) is 6.92 Å². The highest BCUT2D eigenvalue weighted by Gasteiger charge is 2.11. The first kappa shape index (κ1) is 20.1. The van der Waals surface area contributed by atoms with E-state index in [1.54, 1.807) is 23.0 Å². The van der Waals surface area contributed by atoms with Crippen LogP contribution in [0.5, 0.6) is 5.75 Å². The van der Waals surface area contributed by atoms with Gasteiger partial charge in [-0.2, -0.15) is 10.2 Å². The summed E-state index contributed by atoms with van der Waals surface area (Å²) in [5, 5.41) is 8.85. The van der Waals surface area contributed by atoms with E-state index in [0.717, 1.165) is 22.5 Å². The van der Waals surface area contributed by atoms with Gasteiger partial charge in [0.25, 0.3) is 5.91 Å². The second kappa shape index (κ2) is 9.54. The zero-order valence-electron chi connectivity index (χ0n) is 17.1. The number of aryl methyl sites for hydroxylation is 1. The molecule has 6 heteroatoms. The Bertz CT molecular complexity index is 1170. The Hall–Kier alpha value is -4.19. The van der Waals surface area contributed by atoms with Gasteiger partial charge in [-0.05, 0) is 31.2 Å². The summed E-state index contributed by atoms with van der Waals surface area (Å²) in [6.07, 6.45) is 3.49. The number of nitrogens with zero attached hydrogens (tertiary/aromatic N) is 3. The first-order valence-corrected chi connectivity index (χ1v) is 9.91. The molecular formula is C25H22N4O2. The number of benzene rings is 3. The van der Waals surface area contributed by atoms with E-state index in [-0.39, 0.29) is 12.5 Å². The Morgan fingerprint density at radius 2 is 1.68 bits per heavy atom. The van der Waals surface area contributed by atoms with Gasteiger partial charge in [-0.15, -0.1) is 0 Å². The second-order valence-corrected chi connectivity index (χ2v) is 6.97. The van der Waals surface area contributed by atoms with Crippen molar-refractivity contribution in [2.45, 2.75) is 6.92 Å². The van der Waals surface area contributed by atoms with Gasteiger partial charge in [-0.25, -0.2) is 10.1 Å². The third kappa shape index (κ3) is 5.25. The Labute approximate surface area is 180 Å². The molecule has 1 aromatic heterocycles. The van der Waals surface area contributed by atoms with E-state index in [1.165, 1.54) is 5.56 Å². The molecule has 0 saturated carbocycles. The molecule has 1 N–H and O–H groups in total. The van der Waals surface area contributed by atoms with Crippen molar-refractivity contribution in [1.82, 2.24) is 15.2 Å². The van der Waals surface area contributed by atoms with Crippen molar-refractivity contribution in [3.63, 3.8) is 0 Å². The monoisotopic (exact) mass is 410 g/mol. The van der Waals surface area contributed by atoms with Gasteiger partial charge in [0.1, 0.15) is 11.4 Å². The van der Waals surface area contributed by atoms with E-state index in [9.17, 15) is 4.79 Å². The third-order valence-electron chi connectivity index (χ3n) is 4.59. The number of hydrogen-bond acceptors (Lipinski definition) is 4. The van der Waals surface area contributed by atoms with Crippen LogP contribution >= 0.6 is 0 Å². The highest BCUT2D eigenvalue weighted by molar-refractivity contribution is 5.89. The van der Waals surface area contributed by atoms with E-state index < -0.39 is 0 Å². The summed E-state index contributed by atoms with van der Waals surface area (Å²) in [7, 11) is 0. The van der Waals surface area contributed by atoms with Gasteiger partial charge in [0.05, 0.1) is 11.9 Å². The first-order chi connectivity index (χ1) is 15.2. The van der Waals surface area contributed by atoms with E-state index >= 15 is 0 Å². The molecule has 31 heavy (non-hydrogen) atoms. The van der Waals surface area contributed by atoms with Crippen LogP contribution in [-0.4, -0.2) is 28.5 Å². The summed E-state index contributed by atoms with van der Waals surface area (Å²) in [6, 6.07) is 27.2. The molecule has 3 aromatic carbocycles. The van der Waals surface area contributed by atoms with Crippen molar-refractivity contribution in [2.24, 2.45) is 5.10 Å². The van der Waals surface area contributed by atoms with Gasteiger partial charge in [0, 0.05) is 17.3 Å². The minimum absolute atomic E-state index is 0.116. The van der Waals surface area contributed by atoms with Crippen LogP contribution in [0.2, 0.25) is 0 Å². The molecular weight excluding hydrogens is 388 g/mol. The molecule has 0 radical (unpaired) electrons. The zero-order valence-corrected chi connectivity index (χ0v) is 17.1. The molecule has 6 nitrogen and oxygen atoms in total.